The zero-order valence-electron chi connectivity index (χ0n) is 11.5. The van der Waals surface area contributed by atoms with Gasteiger partial charge in [0.2, 0.25) is 0 Å². The lowest BCUT2D eigenvalue weighted by molar-refractivity contribution is -0.0319. The van der Waals surface area contributed by atoms with Gasteiger partial charge in [0.05, 0.1) is 12.7 Å². The van der Waals surface area contributed by atoms with Crippen LogP contribution in [0.2, 0.25) is 0 Å². The summed E-state index contributed by atoms with van der Waals surface area (Å²) < 4.78 is 26.0. The minimum absolute atomic E-state index is 0.0339. The molecule has 1 fully saturated rings. The molecule has 116 valence electrons. The van der Waals surface area contributed by atoms with Crippen molar-refractivity contribution in [2.24, 2.45) is 16.1 Å². The number of ether oxygens (including phenoxy) is 2. The third-order valence-electron chi connectivity index (χ3n) is 2.97. The molecule has 2 N–H and O–H groups in total. The van der Waals surface area contributed by atoms with Crippen molar-refractivity contribution in [2.45, 2.75) is 32.3 Å². The lowest BCUT2D eigenvalue weighted by Gasteiger charge is -2.18. The van der Waals surface area contributed by atoms with E-state index in [0.717, 1.165) is 0 Å². The van der Waals surface area contributed by atoms with E-state index in [1.54, 1.807) is 6.92 Å². The van der Waals surface area contributed by atoms with E-state index in [1.165, 1.54) is 7.11 Å². The minimum atomic E-state index is -4.56. The summed E-state index contributed by atoms with van der Waals surface area (Å²) in [6.07, 6.45) is -1.62. The topological polar surface area (TPSA) is 127 Å². The Morgan fingerprint density at radius 1 is 1.45 bits per heavy atom. The zero-order valence-corrected chi connectivity index (χ0v) is 12.4. The van der Waals surface area contributed by atoms with E-state index < -0.39 is 26.3 Å². The maximum Gasteiger partial charge on any atom is 0.469 e. The van der Waals surface area contributed by atoms with E-state index in [4.69, 9.17) is 19.3 Å². The summed E-state index contributed by atoms with van der Waals surface area (Å²) in [6, 6.07) is 0. The number of nitrogens with zero attached hydrogens (tertiary/aromatic N) is 2. The van der Waals surface area contributed by atoms with Gasteiger partial charge in [-0.3, -0.25) is 9.52 Å². The monoisotopic (exact) mass is 310 g/mol. The van der Waals surface area contributed by atoms with Crippen LogP contribution in [0.3, 0.4) is 0 Å². The highest BCUT2D eigenvalue weighted by molar-refractivity contribution is 7.46. The molecule has 20 heavy (non-hydrogen) atoms. The molecular weight excluding hydrogens is 291 g/mol. The first-order valence-electron chi connectivity index (χ1n) is 5.99. The summed E-state index contributed by atoms with van der Waals surface area (Å²) in [6.45, 7) is 3.15. The van der Waals surface area contributed by atoms with Crippen LogP contribution in [-0.4, -0.2) is 54.2 Å². The molecule has 0 aromatic rings. The summed E-state index contributed by atoms with van der Waals surface area (Å²) in [5.74, 6) is -0.146. The number of phosphoric ester groups is 1. The number of hydrogen-bond acceptors (Lipinski definition) is 7. The third-order valence-corrected chi connectivity index (χ3v) is 3.45. The standard InChI is InChI=1S/C10H19N2O7P/c1-6(4-11-13)12-10-7(2)9(17-3)8(19-10)5-18-20(14,15)16/h7-10H,4-5H2,1-3H3,(H2,14,15,16). The van der Waals surface area contributed by atoms with E-state index in [0.29, 0.717) is 5.71 Å². The molecule has 0 aliphatic carbocycles. The van der Waals surface area contributed by atoms with Crippen LogP contribution in [0.15, 0.2) is 10.2 Å². The largest absolute Gasteiger partial charge is 0.469 e. The van der Waals surface area contributed by atoms with E-state index in [9.17, 15) is 9.47 Å². The van der Waals surface area contributed by atoms with Gasteiger partial charge in [0, 0.05) is 18.7 Å². The van der Waals surface area contributed by atoms with E-state index in [1.807, 2.05) is 6.92 Å². The van der Waals surface area contributed by atoms with Gasteiger partial charge in [-0.2, -0.15) is 4.91 Å². The van der Waals surface area contributed by atoms with Gasteiger partial charge in [-0.05, 0) is 6.92 Å². The molecule has 1 rings (SSSR count). The molecule has 1 saturated heterocycles. The molecule has 0 spiro atoms. The minimum Gasteiger partial charge on any atom is -0.378 e. The van der Waals surface area contributed by atoms with Crippen LogP contribution in [0.5, 0.6) is 0 Å². The average molecular weight is 310 g/mol. The molecule has 0 aromatic carbocycles. The average Bonchev–Trinajstić information content (AvgIpc) is 2.62. The van der Waals surface area contributed by atoms with Crippen LogP contribution in [0, 0.1) is 10.8 Å². The Morgan fingerprint density at radius 2 is 2.10 bits per heavy atom. The molecule has 9 nitrogen and oxygen atoms in total. The highest BCUT2D eigenvalue weighted by atomic mass is 31.2. The first-order valence-corrected chi connectivity index (χ1v) is 7.52. The van der Waals surface area contributed by atoms with Crippen LogP contribution < -0.4 is 0 Å². The number of rotatable bonds is 7. The van der Waals surface area contributed by atoms with E-state index >= 15 is 0 Å². The van der Waals surface area contributed by atoms with E-state index in [-0.39, 0.29) is 19.1 Å². The smallest absolute Gasteiger partial charge is 0.378 e. The van der Waals surface area contributed by atoms with Crippen molar-refractivity contribution in [3.63, 3.8) is 0 Å². The number of phosphoric acid groups is 1. The highest BCUT2D eigenvalue weighted by Gasteiger charge is 2.43. The fourth-order valence-electron chi connectivity index (χ4n) is 2.05. The number of hydrogen-bond donors (Lipinski definition) is 2. The second-order valence-corrected chi connectivity index (χ2v) is 5.80. The molecule has 1 aliphatic heterocycles. The molecule has 0 saturated carbocycles. The first kappa shape index (κ1) is 17.4. The van der Waals surface area contributed by atoms with Crippen LogP contribution in [0.25, 0.3) is 0 Å². The summed E-state index contributed by atoms with van der Waals surface area (Å²) in [5, 5.41) is 2.73. The normalized spacial score (nSPS) is 31.6. The molecule has 4 atom stereocenters. The molecule has 0 bridgehead atoms. The van der Waals surface area contributed by atoms with Crippen molar-refractivity contribution in [3.05, 3.63) is 4.91 Å². The lowest BCUT2D eigenvalue weighted by Crippen LogP contribution is -2.31. The van der Waals surface area contributed by atoms with Gasteiger partial charge in [-0.25, -0.2) is 4.57 Å². The van der Waals surface area contributed by atoms with Crippen LogP contribution in [0.4, 0.5) is 0 Å². The van der Waals surface area contributed by atoms with Crippen LogP contribution in [0.1, 0.15) is 13.8 Å². The van der Waals surface area contributed by atoms with E-state index in [2.05, 4.69) is 14.7 Å². The predicted octanol–water partition coefficient (Wildman–Crippen LogP) is 0.699. The first-order chi connectivity index (χ1) is 9.28. The fourth-order valence-corrected chi connectivity index (χ4v) is 2.39. The Morgan fingerprint density at radius 3 is 2.60 bits per heavy atom. The summed E-state index contributed by atoms with van der Waals surface area (Å²) in [4.78, 5) is 31.8. The Kier molecular flexibility index (Phi) is 6.38. The maximum atomic E-state index is 10.7. The maximum absolute atomic E-state index is 10.7. The quantitative estimate of drug-likeness (QED) is 0.402. The molecule has 10 heteroatoms. The van der Waals surface area contributed by atoms with Crippen molar-refractivity contribution >= 4 is 13.5 Å². The second-order valence-electron chi connectivity index (χ2n) is 4.56. The van der Waals surface area contributed by atoms with Gasteiger partial charge in [0.15, 0.2) is 6.23 Å². The molecular formula is C10H19N2O7P. The molecule has 1 aliphatic rings. The number of methoxy groups -OCH3 is 1. The molecule has 0 aromatic heterocycles. The summed E-state index contributed by atoms with van der Waals surface area (Å²) in [7, 11) is -3.09. The third kappa shape index (κ3) is 5.01. The van der Waals surface area contributed by atoms with Crippen molar-refractivity contribution < 1.29 is 28.3 Å². The van der Waals surface area contributed by atoms with Crippen molar-refractivity contribution in [1.29, 1.82) is 0 Å². The predicted molar refractivity (Wildman–Crippen MR) is 70.4 cm³/mol. The van der Waals surface area contributed by atoms with Gasteiger partial charge < -0.3 is 19.3 Å². The van der Waals surface area contributed by atoms with Gasteiger partial charge in [0.1, 0.15) is 12.6 Å². The molecule has 4 unspecified atom stereocenters. The SMILES string of the molecule is COC1C(COP(=O)(O)O)OC(N=C(C)CN=O)C1C. The van der Waals surface area contributed by atoms with Gasteiger partial charge in [0.25, 0.3) is 0 Å². The highest BCUT2D eigenvalue weighted by Crippen LogP contribution is 2.38. The molecule has 0 radical (unpaired) electrons. The Labute approximate surface area is 116 Å². The van der Waals surface area contributed by atoms with Crippen molar-refractivity contribution in [2.75, 3.05) is 20.3 Å². The van der Waals surface area contributed by atoms with Crippen molar-refractivity contribution in [1.82, 2.24) is 0 Å². The Hall–Kier alpha value is -0.700. The van der Waals surface area contributed by atoms with Crippen molar-refractivity contribution in [3.8, 4) is 0 Å². The second kappa shape index (κ2) is 7.35. The van der Waals surface area contributed by atoms with Crippen LogP contribution >= 0.6 is 7.82 Å². The number of aliphatic imine (C=N–C) groups is 1. The molecule has 1 heterocycles. The Balaban J connectivity index is 2.71. The Bertz CT molecular complexity index is 410. The van der Waals surface area contributed by atoms with Gasteiger partial charge in [-0.1, -0.05) is 12.1 Å². The summed E-state index contributed by atoms with van der Waals surface area (Å²) in [5.41, 5.74) is 0.517. The van der Waals surface area contributed by atoms with Gasteiger partial charge in [-0.15, -0.1) is 0 Å². The fraction of sp³-hybridized carbons (Fsp3) is 0.900. The molecule has 0 amide bonds. The van der Waals surface area contributed by atoms with Gasteiger partial charge >= 0.3 is 7.82 Å². The number of nitroso groups, excluding NO2 is 1. The zero-order chi connectivity index (χ0) is 15.3. The lowest BCUT2D eigenvalue weighted by atomic mass is 10.0. The summed E-state index contributed by atoms with van der Waals surface area (Å²) >= 11 is 0. The van der Waals surface area contributed by atoms with Crippen LogP contribution in [-0.2, 0) is 18.6 Å².